The van der Waals surface area contributed by atoms with E-state index in [0.717, 1.165) is 24.3 Å². The van der Waals surface area contributed by atoms with E-state index in [0.29, 0.717) is 35.6 Å². The molecule has 3 heterocycles. The molecule has 0 saturated carbocycles. The third-order valence-electron chi connectivity index (χ3n) is 5.61. The predicted octanol–water partition coefficient (Wildman–Crippen LogP) is 7.89. The first-order chi connectivity index (χ1) is 18.9. The molecule has 4 nitrogen and oxygen atoms in total. The van der Waals surface area contributed by atoms with Crippen molar-refractivity contribution in [2.45, 2.75) is 25.1 Å². The summed E-state index contributed by atoms with van der Waals surface area (Å²) in [4.78, 5) is 15.1. The molecule has 0 fully saturated rings. The van der Waals surface area contributed by atoms with Crippen molar-refractivity contribution in [3.05, 3.63) is 98.7 Å². The predicted molar refractivity (Wildman–Crippen MR) is 122 cm³/mol. The first-order valence-corrected chi connectivity index (χ1v) is 11.7. The van der Waals surface area contributed by atoms with Gasteiger partial charge in [0.2, 0.25) is 0 Å². The Morgan fingerprint density at radius 2 is 1.39 bits per heavy atom. The summed E-state index contributed by atoms with van der Waals surface area (Å²) in [6.45, 7) is -1.04. The Morgan fingerprint density at radius 1 is 0.805 bits per heavy atom. The average Bonchev–Trinajstić information content (AvgIpc) is 3.34. The topological polar surface area (TPSA) is 58.7 Å². The van der Waals surface area contributed by atoms with Gasteiger partial charge in [0.1, 0.15) is 40.3 Å². The van der Waals surface area contributed by atoms with Gasteiger partial charge in [-0.1, -0.05) is 6.07 Å². The van der Waals surface area contributed by atoms with E-state index in [9.17, 15) is 58.4 Å². The SMILES string of the molecule is N#Cc1c(-c2ccc(-c3cc(C(F)(F)F)nc(C(F)(F)F)c3)s2)cc(C(F)(F)F)n(Cc2ccc(F)cc2F)c1=O. The van der Waals surface area contributed by atoms with Crippen LogP contribution in [0.15, 0.2) is 53.3 Å². The van der Waals surface area contributed by atoms with Crippen LogP contribution in [0.25, 0.3) is 20.9 Å². The van der Waals surface area contributed by atoms with Crippen molar-refractivity contribution < 1.29 is 48.3 Å². The van der Waals surface area contributed by atoms with E-state index in [2.05, 4.69) is 4.98 Å². The van der Waals surface area contributed by atoms with Gasteiger partial charge in [-0.3, -0.25) is 9.36 Å². The summed E-state index contributed by atoms with van der Waals surface area (Å²) in [5, 5.41) is 9.59. The Morgan fingerprint density at radius 3 is 1.90 bits per heavy atom. The molecule has 1 aromatic carbocycles. The molecule has 0 saturated heterocycles. The molecular weight excluding hydrogens is 599 g/mol. The maximum absolute atomic E-state index is 14.1. The van der Waals surface area contributed by atoms with Crippen LogP contribution in [0.3, 0.4) is 0 Å². The molecule has 0 radical (unpaired) electrons. The van der Waals surface area contributed by atoms with Gasteiger partial charge in [0, 0.05) is 26.9 Å². The number of nitriles is 1. The maximum Gasteiger partial charge on any atom is 0.433 e. The molecule has 0 N–H and O–H groups in total. The highest BCUT2D eigenvalue weighted by molar-refractivity contribution is 7.18. The lowest BCUT2D eigenvalue weighted by molar-refractivity contribution is -0.150. The fourth-order valence-electron chi connectivity index (χ4n) is 3.76. The Labute approximate surface area is 225 Å². The molecule has 4 rings (SSSR count). The number of thiophene rings is 1. The highest BCUT2D eigenvalue weighted by Crippen LogP contribution is 2.41. The number of halogens is 11. The Kier molecular flexibility index (Phi) is 7.46. The van der Waals surface area contributed by atoms with Crippen molar-refractivity contribution in [2.75, 3.05) is 0 Å². The Hall–Kier alpha value is -4.26. The maximum atomic E-state index is 14.1. The molecule has 0 bridgehead atoms. The number of benzene rings is 1. The monoisotopic (exact) mass is 609 g/mol. The average molecular weight is 609 g/mol. The smallest absolute Gasteiger partial charge is 0.299 e. The van der Waals surface area contributed by atoms with Gasteiger partial charge in [-0.15, -0.1) is 11.3 Å². The number of hydrogen-bond donors (Lipinski definition) is 0. The number of rotatable bonds is 4. The van der Waals surface area contributed by atoms with E-state index < -0.39 is 81.6 Å². The van der Waals surface area contributed by atoms with Gasteiger partial charge in [-0.2, -0.15) is 44.8 Å². The summed E-state index contributed by atoms with van der Waals surface area (Å²) in [5.74, 6) is -2.29. The molecule has 0 aliphatic rings. The number of aromatic nitrogens is 2. The zero-order valence-corrected chi connectivity index (χ0v) is 20.5. The van der Waals surface area contributed by atoms with E-state index >= 15 is 0 Å². The summed E-state index contributed by atoms with van der Waals surface area (Å²) in [5.41, 5.74) is -9.50. The highest BCUT2D eigenvalue weighted by Gasteiger charge is 2.39. The highest BCUT2D eigenvalue weighted by atomic mass is 32.1. The van der Waals surface area contributed by atoms with Crippen molar-refractivity contribution in [3.63, 3.8) is 0 Å². The van der Waals surface area contributed by atoms with Crippen LogP contribution in [0.1, 0.15) is 28.2 Å². The van der Waals surface area contributed by atoms with Gasteiger partial charge < -0.3 is 0 Å². The first kappa shape index (κ1) is 29.7. The minimum Gasteiger partial charge on any atom is -0.299 e. The third-order valence-corrected chi connectivity index (χ3v) is 6.78. The molecule has 0 atom stereocenters. The molecule has 214 valence electrons. The second-order valence-corrected chi connectivity index (χ2v) is 9.42. The van der Waals surface area contributed by atoms with E-state index in [1.165, 1.54) is 6.07 Å². The molecular formula is C25H10F11N3OS. The molecule has 0 aliphatic carbocycles. The molecule has 0 unspecified atom stereocenters. The van der Waals surface area contributed by atoms with Crippen molar-refractivity contribution >= 4 is 11.3 Å². The van der Waals surface area contributed by atoms with Crippen LogP contribution >= 0.6 is 11.3 Å². The van der Waals surface area contributed by atoms with Gasteiger partial charge in [0.15, 0.2) is 0 Å². The summed E-state index contributed by atoms with van der Waals surface area (Å²) in [7, 11) is 0. The standard InChI is InChI=1S/C25H10F11N3OS/c26-13-2-1-11(16(27)7-13)10-39-21(25(34,35)36)8-14(15(9-37)22(39)40)18-4-3-17(41-18)12-5-19(23(28,29)30)38-20(6-12)24(31,32)33/h1-8H,10H2. The van der Waals surface area contributed by atoms with Gasteiger partial charge in [0.05, 0.1) is 6.54 Å². The quantitative estimate of drug-likeness (QED) is 0.221. The molecule has 4 aromatic rings. The largest absolute Gasteiger partial charge is 0.433 e. The molecule has 41 heavy (non-hydrogen) atoms. The lowest BCUT2D eigenvalue weighted by atomic mass is 10.1. The minimum atomic E-state index is -5.26. The number of pyridine rings is 2. The van der Waals surface area contributed by atoms with Crippen LogP contribution in [-0.2, 0) is 25.1 Å². The van der Waals surface area contributed by atoms with E-state index in [1.54, 1.807) is 0 Å². The third kappa shape index (κ3) is 6.09. The van der Waals surface area contributed by atoms with Crippen molar-refractivity contribution in [3.8, 4) is 27.0 Å². The van der Waals surface area contributed by atoms with Gasteiger partial charge in [0.25, 0.3) is 5.56 Å². The zero-order chi connectivity index (χ0) is 30.5. The number of nitrogens with zero attached hydrogens (tertiary/aromatic N) is 3. The Balaban J connectivity index is 1.89. The lowest BCUT2D eigenvalue weighted by Crippen LogP contribution is -2.31. The molecule has 16 heteroatoms. The summed E-state index contributed by atoms with van der Waals surface area (Å²) in [6, 6.07) is 6.40. The van der Waals surface area contributed by atoms with Gasteiger partial charge in [-0.25, -0.2) is 13.8 Å². The van der Waals surface area contributed by atoms with Crippen LogP contribution in [0.4, 0.5) is 48.3 Å². The van der Waals surface area contributed by atoms with Crippen molar-refractivity contribution in [2.24, 2.45) is 0 Å². The number of alkyl halides is 9. The van der Waals surface area contributed by atoms with Crippen molar-refractivity contribution in [1.82, 2.24) is 9.55 Å². The van der Waals surface area contributed by atoms with Gasteiger partial charge in [-0.05, 0) is 42.0 Å². The fourth-order valence-corrected chi connectivity index (χ4v) is 4.78. The summed E-state index contributed by atoms with van der Waals surface area (Å²) in [6.07, 6.45) is -15.8. The van der Waals surface area contributed by atoms with Crippen LogP contribution in [0.5, 0.6) is 0 Å². The fraction of sp³-hybridized carbons (Fsp3) is 0.160. The van der Waals surface area contributed by atoms with E-state index in [4.69, 9.17) is 0 Å². The Bertz CT molecular complexity index is 1710. The minimum absolute atomic E-state index is 0.0565. The van der Waals surface area contributed by atoms with Crippen LogP contribution in [-0.4, -0.2) is 9.55 Å². The normalized spacial score (nSPS) is 12.4. The molecule has 0 spiro atoms. The zero-order valence-electron chi connectivity index (χ0n) is 19.6. The lowest BCUT2D eigenvalue weighted by Gasteiger charge is -2.18. The van der Waals surface area contributed by atoms with Crippen LogP contribution in [0, 0.1) is 23.0 Å². The first-order valence-electron chi connectivity index (χ1n) is 10.9. The van der Waals surface area contributed by atoms with E-state index in [1.807, 2.05) is 0 Å². The molecule has 3 aromatic heterocycles. The second kappa shape index (κ2) is 10.3. The van der Waals surface area contributed by atoms with Gasteiger partial charge >= 0.3 is 18.5 Å². The summed E-state index contributed by atoms with van der Waals surface area (Å²) >= 11 is 0.418. The van der Waals surface area contributed by atoms with Crippen LogP contribution in [0.2, 0.25) is 0 Å². The molecule has 0 amide bonds. The summed E-state index contributed by atoms with van der Waals surface area (Å²) < 4.78 is 149. The molecule has 0 aliphatic heterocycles. The number of hydrogen-bond acceptors (Lipinski definition) is 4. The van der Waals surface area contributed by atoms with Crippen LogP contribution < -0.4 is 5.56 Å². The van der Waals surface area contributed by atoms with Crippen molar-refractivity contribution in [1.29, 1.82) is 5.26 Å². The van der Waals surface area contributed by atoms with E-state index in [-0.39, 0.29) is 14.3 Å². The second-order valence-electron chi connectivity index (χ2n) is 8.34.